The van der Waals surface area contributed by atoms with Gasteiger partial charge in [-0.3, -0.25) is 4.79 Å². The van der Waals surface area contributed by atoms with Gasteiger partial charge in [0.15, 0.2) is 0 Å². The van der Waals surface area contributed by atoms with Crippen LogP contribution >= 0.6 is 15.9 Å². The van der Waals surface area contributed by atoms with E-state index in [1.165, 1.54) is 0 Å². The van der Waals surface area contributed by atoms with Crippen LogP contribution in [0.3, 0.4) is 0 Å². The van der Waals surface area contributed by atoms with Gasteiger partial charge in [-0.15, -0.1) is 0 Å². The first-order valence-electron chi connectivity index (χ1n) is 5.35. The summed E-state index contributed by atoms with van der Waals surface area (Å²) in [5.74, 6) is -0.0479. The molecule has 0 spiro atoms. The van der Waals surface area contributed by atoms with Crippen molar-refractivity contribution in [2.75, 3.05) is 11.9 Å². The average molecular weight is 284 g/mol. The first-order valence-corrected chi connectivity index (χ1v) is 6.15. The number of hydrogen-bond donors (Lipinski definition) is 1. The Morgan fingerprint density at radius 1 is 1.56 bits per heavy atom. The highest BCUT2D eigenvalue weighted by molar-refractivity contribution is 9.10. The second kappa shape index (κ2) is 4.97. The van der Waals surface area contributed by atoms with Gasteiger partial charge in [0, 0.05) is 16.8 Å². The lowest BCUT2D eigenvalue weighted by atomic mass is 10.2. The van der Waals surface area contributed by atoms with Crippen molar-refractivity contribution >= 4 is 27.5 Å². The molecule has 3 nitrogen and oxygen atoms in total. The second-order valence-electron chi connectivity index (χ2n) is 3.95. The summed E-state index contributed by atoms with van der Waals surface area (Å²) in [6.45, 7) is 2.70. The molecule has 0 radical (unpaired) electrons. The van der Waals surface area contributed by atoms with Gasteiger partial charge in [0.1, 0.15) is 6.10 Å². The predicted octanol–water partition coefficient (Wildman–Crippen LogP) is 2.88. The minimum atomic E-state index is -0.278. The first kappa shape index (κ1) is 11.6. The summed E-state index contributed by atoms with van der Waals surface area (Å²) < 4.78 is 6.31. The van der Waals surface area contributed by atoms with E-state index >= 15 is 0 Å². The van der Waals surface area contributed by atoms with Gasteiger partial charge in [-0.25, -0.2) is 0 Å². The number of nitrogens with one attached hydrogen (secondary N) is 1. The molecule has 1 N–H and O–H groups in total. The highest BCUT2D eigenvalue weighted by Crippen LogP contribution is 2.21. The smallest absolute Gasteiger partial charge is 0.253 e. The lowest BCUT2D eigenvalue weighted by Crippen LogP contribution is -2.26. The summed E-state index contributed by atoms with van der Waals surface area (Å²) in [4.78, 5) is 11.8. The van der Waals surface area contributed by atoms with E-state index in [1.807, 2.05) is 25.1 Å². The normalized spacial score (nSPS) is 19.8. The Labute approximate surface area is 103 Å². The van der Waals surface area contributed by atoms with Gasteiger partial charge >= 0.3 is 0 Å². The number of halogens is 1. The van der Waals surface area contributed by atoms with Gasteiger partial charge in [-0.2, -0.15) is 0 Å². The van der Waals surface area contributed by atoms with Crippen LogP contribution in [0.15, 0.2) is 22.7 Å². The van der Waals surface area contributed by atoms with Crippen molar-refractivity contribution in [2.24, 2.45) is 0 Å². The van der Waals surface area contributed by atoms with Crippen molar-refractivity contribution < 1.29 is 9.53 Å². The number of carbonyl (C=O) groups excluding carboxylic acids is 1. The molecular weight excluding hydrogens is 270 g/mol. The number of rotatable bonds is 2. The highest BCUT2D eigenvalue weighted by atomic mass is 79.9. The molecule has 0 aromatic heterocycles. The van der Waals surface area contributed by atoms with E-state index in [0.29, 0.717) is 6.61 Å². The number of benzene rings is 1. The third-order valence-corrected chi connectivity index (χ3v) is 3.52. The zero-order valence-corrected chi connectivity index (χ0v) is 10.7. The second-order valence-corrected chi connectivity index (χ2v) is 4.81. The van der Waals surface area contributed by atoms with Crippen LogP contribution in [-0.4, -0.2) is 18.6 Å². The molecule has 1 saturated heterocycles. The van der Waals surface area contributed by atoms with E-state index < -0.39 is 0 Å². The van der Waals surface area contributed by atoms with Crippen molar-refractivity contribution in [1.29, 1.82) is 0 Å². The molecule has 0 saturated carbocycles. The van der Waals surface area contributed by atoms with E-state index in [4.69, 9.17) is 4.74 Å². The Balaban J connectivity index is 2.02. The molecular formula is C12H14BrNO2. The van der Waals surface area contributed by atoms with Gasteiger partial charge in [0.2, 0.25) is 0 Å². The molecule has 0 unspecified atom stereocenters. The van der Waals surface area contributed by atoms with Gasteiger partial charge in [-0.05, 0) is 37.5 Å². The fourth-order valence-electron chi connectivity index (χ4n) is 1.68. The fraction of sp³-hybridized carbons (Fsp3) is 0.417. The molecule has 0 bridgehead atoms. The molecule has 4 heteroatoms. The summed E-state index contributed by atoms with van der Waals surface area (Å²) >= 11 is 3.44. The van der Waals surface area contributed by atoms with Crippen molar-refractivity contribution in [3.63, 3.8) is 0 Å². The van der Waals surface area contributed by atoms with Crippen molar-refractivity contribution in [3.8, 4) is 0 Å². The maximum Gasteiger partial charge on any atom is 0.253 e. The summed E-state index contributed by atoms with van der Waals surface area (Å²) in [5, 5.41) is 2.86. The Kier molecular flexibility index (Phi) is 3.61. The van der Waals surface area contributed by atoms with E-state index in [-0.39, 0.29) is 12.0 Å². The van der Waals surface area contributed by atoms with Gasteiger partial charge < -0.3 is 10.1 Å². The predicted molar refractivity (Wildman–Crippen MR) is 66.5 cm³/mol. The topological polar surface area (TPSA) is 38.3 Å². The number of amides is 1. The van der Waals surface area contributed by atoms with Crippen LogP contribution in [0.25, 0.3) is 0 Å². The van der Waals surface area contributed by atoms with Gasteiger partial charge in [0.05, 0.1) is 0 Å². The summed E-state index contributed by atoms with van der Waals surface area (Å²) in [6.07, 6.45) is 1.51. The lowest BCUT2D eigenvalue weighted by molar-refractivity contribution is -0.124. The van der Waals surface area contributed by atoms with Crippen molar-refractivity contribution in [2.45, 2.75) is 25.9 Å². The molecule has 1 atom stereocenters. The number of carbonyl (C=O) groups is 1. The largest absolute Gasteiger partial charge is 0.368 e. The zero-order valence-electron chi connectivity index (χ0n) is 9.13. The van der Waals surface area contributed by atoms with Gasteiger partial charge in [-0.1, -0.05) is 22.0 Å². The number of anilines is 1. The Bertz CT molecular complexity index is 400. The van der Waals surface area contributed by atoms with Crippen LogP contribution in [0, 0.1) is 6.92 Å². The SMILES string of the molecule is Cc1ccc(NC(=O)[C@@H]2CCCO2)cc1Br. The monoisotopic (exact) mass is 283 g/mol. The van der Waals surface area contributed by atoms with E-state index in [9.17, 15) is 4.79 Å². The van der Waals surface area contributed by atoms with E-state index in [1.54, 1.807) is 0 Å². The van der Waals surface area contributed by atoms with Crippen LogP contribution in [-0.2, 0) is 9.53 Å². The minimum Gasteiger partial charge on any atom is -0.368 e. The summed E-state index contributed by atoms with van der Waals surface area (Å²) in [5.41, 5.74) is 1.95. The molecule has 1 heterocycles. The molecule has 1 aromatic carbocycles. The third kappa shape index (κ3) is 2.62. The van der Waals surface area contributed by atoms with Crippen LogP contribution < -0.4 is 5.32 Å². The molecule has 1 aliphatic rings. The highest BCUT2D eigenvalue weighted by Gasteiger charge is 2.23. The maximum absolute atomic E-state index is 11.8. The number of aryl methyl sites for hydroxylation is 1. The number of ether oxygens (including phenoxy) is 1. The average Bonchev–Trinajstić information content (AvgIpc) is 2.77. The standard InChI is InChI=1S/C12H14BrNO2/c1-8-4-5-9(7-10(8)13)14-12(15)11-3-2-6-16-11/h4-5,7,11H,2-3,6H2,1H3,(H,14,15)/t11-/m0/s1. The minimum absolute atomic E-state index is 0.0479. The molecule has 1 aliphatic heterocycles. The van der Waals surface area contributed by atoms with E-state index in [2.05, 4.69) is 21.2 Å². The Morgan fingerprint density at radius 3 is 3.00 bits per heavy atom. The summed E-state index contributed by atoms with van der Waals surface area (Å²) in [7, 11) is 0. The lowest BCUT2D eigenvalue weighted by Gasteiger charge is -2.11. The molecule has 1 amide bonds. The molecule has 0 aliphatic carbocycles. The van der Waals surface area contributed by atoms with Crippen LogP contribution in [0.4, 0.5) is 5.69 Å². The zero-order chi connectivity index (χ0) is 11.5. The van der Waals surface area contributed by atoms with Crippen LogP contribution in [0.2, 0.25) is 0 Å². The maximum atomic E-state index is 11.8. The first-order chi connectivity index (χ1) is 7.66. The molecule has 1 aromatic rings. The molecule has 1 fully saturated rings. The Morgan fingerprint density at radius 2 is 2.38 bits per heavy atom. The van der Waals surface area contributed by atoms with Crippen LogP contribution in [0.5, 0.6) is 0 Å². The van der Waals surface area contributed by atoms with Crippen molar-refractivity contribution in [1.82, 2.24) is 0 Å². The van der Waals surface area contributed by atoms with Crippen molar-refractivity contribution in [3.05, 3.63) is 28.2 Å². The van der Waals surface area contributed by atoms with E-state index in [0.717, 1.165) is 28.6 Å². The van der Waals surface area contributed by atoms with Crippen LogP contribution in [0.1, 0.15) is 18.4 Å². The fourth-order valence-corrected chi connectivity index (χ4v) is 2.06. The number of hydrogen-bond acceptors (Lipinski definition) is 2. The Hall–Kier alpha value is -0.870. The molecule has 16 heavy (non-hydrogen) atoms. The quantitative estimate of drug-likeness (QED) is 0.906. The molecule has 86 valence electrons. The third-order valence-electron chi connectivity index (χ3n) is 2.66. The molecule has 2 rings (SSSR count). The summed E-state index contributed by atoms with van der Waals surface area (Å²) in [6, 6.07) is 5.77. The van der Waals surface area contributed by atoms with Gasteiger partial charge in [0.25, 0.3) is 5.91 Å².